The van der Waals surface area contributed by atoms with E-state index in [-0.39, 0.29) is 12.6 Å². The molecule has 178 valence electrons. The Morgan fingerprint density at radius 3 is 2.42 bits per heavy atom. The van der Waals surface area contributed by atoms with Gasteiger partial charge in [0.1, 0.15) is 11.6 Å². The molecule has 0 aromatic heterocycles. The quantitative estimate of drug-likeness (QED) is 0.594. The first-order valence-corrected chi connectivity index (χ1v) is 11.8. The highest BCUT2D eigenvalue weighted by molar-refractivity contribution is 5.74. The summed E-state index contributed by atoms with van der Waals surface area (Å²) in [5, 5.41) is 2.98. The first-order chi connectivity index (χ1) is 16.0. The van der Waals surface area contributed by atoms with Crippen molar-refractivity contribution in [3.8, 4) is 0 Å². The number of nitrogens with zero attached hydrogens (tertiary/aromatic N) is 2. The second-order valence-corrected chi connectivity index (χ2v) is 9.35. The van der Waals surface area contributed by atoms with Gasteiger partial charge in [-0.2, -0.15) is 0 Å². The third-order valence-corrected chi connectivity index (χ3v) is 6.46. The zero-order chi connectivity index (χ0) is 23.2. The second kappa shape index (κ2) is 11.1. The molecule has 7 heteroatoms. The van der Waals surface area contributed by atoms with Crippen LogP contribution in [0, 0.1) is 17.6 Å². The molecule has 0 spiro atoms. The Morgan fingerprint density at radius 2 is 1.76 bits per heavy atom. The molecule has 0 radical (unpaired) electrons. The maximum atomic E-state index is 14.3. The van der Waals surface area contributed by atoms with Crippen molar-refractivity contribution >= 4 is 6.03 Å². The van der Waals surface area contributed by atoms with Gasteiger partial charge in [0.15, 0.2) is 0 Å². The Balaban J connectivity index is 1.36. The zero-order valence-corrected chi connectivity index (χ0v) is 19.2. The molecule has 0 bridgehead atoms. The van der Waals surface area contributed by atoms with Crippen LogP contribution in [-0.4, -0.2) is 48.6 Å². The standard InChI is InChI=1S/C26H33F2N3O2/c1-30-12-10-20(11-13-30)16-31(17-22-6-7-23(27)14-25(22)28)26(32)29-15-19-2-4-21(5-3-19)18-33-24-8-9-24/h2-7,14,20,24H,8-13,15-18H2,1H3,(H,29,32). The summed E-state index contributed by atoms with van der Waals surface area (Å²) in [5.74, 6) is -0.880. The molecule has 1 N–H and O–H groups in total. The number of amides is 2. The molecule has 4 rings (SSSR count). The zero-order valence-electron chi connectivity index (χ0n) is 19.2. The van der Waals surface area contributed by atoms with E-state index < -0.39 is 11.6 Å². The number of piperidine rings is 1. The number of benzene rings is 2. The molecule has 0 atom stereocenters. The van der Waals surface area contributed by atoms with Gasteiger partial charge in [0.25, 0.3) is 0 Å². The van der Waals surface area contributed by atoms with Gasteiger partial charge in [-0.15, -0.1) is 0 Å². The normalized spacial score (nSPS) is 17.2. The lowest BCUT2D eigenvalue weighted by Gasteiger charge is -2.33. The molecule has 2 amide bonds. The highest BCUT2D eigenvalue weighted by atomic mass is 19.1. The first-order valence-electron chi connectivity index (χ1n) is 11.8. The number of hydrogen-bond donors (Lipinski definition) is 1. The van der Waals surface area contributed by atoms with Crippen LogP contribution in [0.25, 0.3) is 0 Å². The fraction of sp³-hybridized carbons (Fsp3) is 0.500. The summed E-state index contributed by atoms with van der Waals surface area (Å²) in [6.07, 6.45) is 4.72. The number of rotatable bonds is 9. The fourth-order valence-corrected chi connectivity index (χ4v) is 4.12. The fourth-order valence-electron chi connectivity index (χ4n) is 4.12. The third-order valence-electron chi connectivity index (χ3n) is 6.46. The van der Waals surface area contributed by atoms with Crippen LogP contribution in [0.1, 0.15) is 42.4 Å². The Bertz CT molecular complexity index is 926. The Labute approximate surface area is 194 Å². The van der Waals surface area contributed by atoms with Crippen LogP contribution in [-0.2, 0) is 24.4 Å². The predicted molar refractivity (Wildman–Crippen MR) is 123 cm³/mol. The van der Waals surface area contributed by atoms with Crippen molar-refractivity contribution in [1.82, 2.24) is 15.1 Å². The largest absolute Gasteiger partial charge is 0.374 e. The maximum Gasteiger partial charge on any atom is 0.317 e. The maximum absolute atomic E-state index is 14.3. The van der Waals surface area contributed by atoms with Crippen molar-refractivity contribution in [2.45, 2.75) is 51.5 Å². The van der Waals surface area contributed by atoms with Crippen LogP contribution in [0.15, 0.2) is 42.5 Å². The number of nitrogens with one attached hydrogen (secondary N) is 1. The highest BCUT2D eigenvalue weighted by Gasteiger charge is 2.24. The molecule has 1 aliphatic carbocycles. The molecule has 2 aromatic carbocycles. The summed E-state index contributed by atoms with van der Waals surface area (Å²) in [6, 6.07) is 11.3. The molecule has 1 heterocycles. The molecule has 2 aliphatic rings. The molecule has 2 fully saturated rings. The van der Waals surface area contributed by atoms with E-state index in [0.717, 1.165) is 56.0 Å². The van der Waals surface area contributed by atoms with Gasteiger partial charge in [0.2, 0.25) is 0 Å². The van der Waals surface area contributed by atoms with Gasteiger partial charge in [0, 0.05) is 24.7 Å². The van der Waals surface area contributed by atoms with Crippen LogP contribution in [0.2, 0.25) is 0 Å². The molecule has 2 aromatic rings. The number of urea groups is 1. The molecule has 33 heavy (non-hydrogen) atoms. The molecule has 5 nitrogen and oxygen atoms in total. The van der Waals surface area contributed by atoms with E-state index >= 15 is 0 Å². The molecule has 1 aliphatic heterocycles. The number of likely N-dealkylation sites (tertiary alicyclic amines) is 1. The lowest BCUT2D eigenvalue weighted by molar-refractivity contribution is 0.106. The third kappa shape index (κ3) is 7.24. The van der Waals surface area contributed by atoms with Crippen LogP contribution in [0.5, 0.6) is 0 Å². The van der Waals surface area contributed by atoms with E-state index in [4.69, 9.17) is 4.74 Å². The lowest BCUT2D eigenvalue weighted by atomic mass is 9.96. The van der Waals surface area contributed by atoms with Gasteiger partial charge in [-0.1, -0.05) is 30.3 Å². The monoisotopic (exact) mass is 457 g/mol. The van der Waals surface area contributed by atoms with Gasteiger partial charge in [-0.25, -0.2) is 13.6 Å². The van der Waals surface area contributed by atoms with Crippen molar-refractivity contribution in [2.75, 3.05) is 26.7 Å². The Kier molecular flexibility index (Phi) is 7.93. The molecule has 0 unspecified atom stereocenters. The Morgan fingerprint density at radius 1 is 1.06 bits per heavy atom. The SMILES string of the molecule is CN1CCC(CN(Cc2ccc(F)cc2F)C(=O)NCc2ccc(COC3CC3)cc2)CC1. The smallest absolute Gasteiger partial charge is 0.317 e. The van der Waals surface area contributed by atoms with Crippen molar-refractivity contribution in [1.29, 1.82) is 0 Å². The van der Waals surface area contributed by atoms with Crippen LogP contribution in [0.4, 0.5) is 13.6 Å². The summed E-state index contributed by atoms with van der Waals surface area (Å²) >= 11 is 0. The van der Waals surface area contributed by atoms with Crippen molar-refractivity contribution in [3.63, 3.8) is 0 Å². The second-order valence-electron chi connectivity index (χ2n) is 9.35. The van der Waals surface area contributed by atoms with Crippen LogP contribution >= 0.6 is 0 Å². The van der Waals surface area contributed by atoms with E-state index in [9.17, 15) is 13.6 Å². The van der Waals surface area contributed by atoms with E-state index in [1.165, 1.54) is 12.1 Å². The molecule has 1 saturated carbocycles. The molecular formula is C26H33F2N3O2. The minimum absolute atomic E-state index is 0.113. The lowest BCUT2D eigenvalue weighted by Crippen LogP contribution is -2.44. The number of ether oxygens (including phenoxy) is 1. The molecular weight excluding hydrogens is 424 g/mol. The van der Waals surface area contributed by atoms with Crippen molar-refractivity contribution < 1.29 is 18.3 Å². The Hall–Kier alpha value is -2.51. The van der Waals surface area contributed by atoms with E-state index in [1.807, 2.05) is 24.3 Å². The summed E-state index contributed by atoms with van der Waals surface area (Å²) in [7, 11) is 2.10. The summed E-state index contributed by atoms with van der Waals surface area (Å²) in [6.45, 7) is 3.64. The van der Waals surface area contributed by atoms with Crippen molar-refractivity contribution in [2.24, 2.45) is 5.92 Å². The van der Waals surface area contributed by atoms with Crippen LogP contribution in [0.3, 0.4) is 0 Å². The van der Waals surface area contributed by atoms with E-state index in [2.05, 4.69) is 17.3 Å². The minimum Gasteiger partial charge on any atom is -0.374 e. The first kappa shape index (κ1) is 23.6. The average Bonchev–Trinajstić information content (AvgIpc) is 3.64. The van der Waals surface area contributed by atoms with Gasteiger partial charge >= 0.3 is 6.03 Å². The van der Waals surface area contributed by atoms with E-state index in [0.29, 0.717) is 37.3 Å². The minimum atomic E-state index is -0.625. The number of carbonyl (C=O) groups is 1. The van der Waals surface area contributed by atoms with Gasteiger partial charge in [0.05, 0.1) is 19.3 Å². The average molecular weight is 458 g/mol. The summed E-state index contributed by atoms with van der Waals surface area (Å²) in [5.41, 5.74) is 2.43. The molecule has 1 saturated heterocycles. The van der Waals surface area contributed by atoms with Gasteiger partial charge in [-0.05, 0) is 68.9 Å². The van der Waals surface area contributed by atoms with Crippen LogP contribution < -0.4 is 5.32 Å². The number of halogens is 2. The predicted octanol–water partition coefficient (Wildman–Crippen LogP) is 4.70. The van der Waals surface area contributed by atoms with Gasteiger partial charge < -0.3 is 19.9 Å². The summed E-state index contributed by atoms with van der Waals surface area (Å²) in [4.78, 5) is 17.0. The van der Waals surface area contributed by atoms with Gasteiger partial charge in [-0.3, -0.25) is 0 Å². The highest BCUT2D eigenvalue weighted by Crippen LogP contribution is 2.25. The van der Waals surface area contributed by atoms with E-state index in [1.54, 1.807) is 4.90 Å². The number of hydrogen-bond acceptors (Lipinski definition) is 3. The topological polar surface area (TPSA) is 44.8 Å². The number of carbonyl (C=O) groups excluding carboxylic acids is 1. The summed E-state index contributed by atoms with van der Waals surface area (Å²) < 4.78 is 33.4. The van der Waals surface area contributed by atoms with Crippen molar-refractivity contribution in [3.05, 3.63) is 70.8 Å².